The van der Waals surface area contributed by atoms with E-state index in [4.69, 9.17) is 0 Å². The number of fused-ring (bicyclic) bond motifs is 3. The Morgan fingerprint density at radius 2 is 1.38 bits per heavy atom. The van der Waals surface area contributed by atoms with Gasteiger partial charge in [0.2, 0.25) is 0 Å². The fourth-order valence-electron chi connectivity index (χ4n) is 3.62. The number of hydrogen-bond donors (Lipinski definition) is 0. The highest BCUT2D eigenvalue weighted by Crippen LogP contribution is 2.37. The summed E-state index contributed by atoms with van der Waals surface area (Å²) in [6, 6.07) is 13.3. The van der Waals surface area contributed by atoms with Gasteiger partial charge in [0.15, 0.2) is 0 Å². The molecule has 4 rings (SSSR count). The van der Waals surface area contributed by atoms with Crippen molar-refractivity contribution in [2.24, 2.45) is 0 Å². The van der Waals surface area contributed by atoms with Crippen LogP contribution in [0.3, 0.4) is 0 Å². The van der Waals surface area contributed by atoms with E-state index in [2.05, 4.69) is 37.0 Å². The molecule has 1 aliphatic rings. The first-order chi connectivity index (χ1) is 13.8. The first-order valence-electron chi connectivity index (χ1n) is 9.09. The summed E-state index contributed by atoms with van der Waals surface area (Å²) in [6.45, 7) is 2.10. The monoisotopic (exact) mass is 398 g/mol. The van der Waals surface area contributed by atoms with Crippen LogP contribution in [0.25, 0.3) is 11.1 Å². The lowest BCUT2D eigenvalue weighted by Crippen LogP contribution is -2.11. The summed E-state index contributed by atoms with van der Waals surface area (Å²) in [5.74, 6) is 2.01. The van der Waals surface area contributed by atoms with Gasteiger partial charge in [-0.05, 0) is 64.9 Å². The molecule has 0 N–H and O–H groups in total. The van der Waals surface area contributed by atoms with Gasteiger partial charge in [-0.1, -0.05) is 43.0 Å². The maximum absolute atomic E-state index is 13.7. The molecular formula is C24H15F5. The first-order valence-corrected chi connectivity index (χ1v) is 9.09. The minimum atomic E-state index is -5.09. The van der Waals surface area contributed by atoms with Gasteiger partial charge in [-0.15, -0.1) is 0 Å². The number of aryl methyl sites for hydroxylation is 1. The number of rotatable bonds is 1. The molecule has 0 saturated heterocycles. The van der Waals surface area contributed by atoms with E-state index in [0.717, 1.165) is 24.0 Å². The van der Waals surface area contributed by atoms with Crippen LogP contribution < -0.4 is 0 Å². The van der Waals surface area contributed by atoms with Crippen molar-refractivity contribution in [2.45, 2.75) is 25.9 Å². The van der Waals surface area contributed by atoms with Crippen LogP contribution >= 0.6 is 0 Å². The summed E-state index contributed by atoms with van der Waals surface area (Å²) in [5, 5.41) is 0. The molecule has 3 aromatic rings. The number of alkyl halides is 3. The van der Waals surface area contributed by atoms with E-state index in [1.165, 1.54) is 16.7 Å². The molecule has 0 nitrogen and oxygen atoms in total. The molecule has 0 spiro atoms. The lowest BCUT2D eigenvalue weighted by Gasteiger charge is -2.09. The molecule has 0 unspecified atom stereocenters. The number of halogens is 5. The lowest BCUT2D eigenvalue weighted by atomic mass is 10.0. The SMILES string of the molecule is CCc1ccc2c(c1)Cc1cc(C#Cc3cc(F)c(C(F)(F)F)c(F)c3)ccc1-2. The van der Waals surface area contributed by atoms with Crippen LogP contribution in [0.5, 0.6) is 0 Å². The van der Waals surface area contributed by atoms with Gasteiger partial charge in [-0.25, -0.2) is 8.78 Å². The Hall–Kier alpha value is -3.13. The Balaban J connectivity index is 1.64. The van der Waals surface area contributed by atoms with Crippen molar-refractivity contribution in [2.75, 3.05) is 0 Å². The molecule has 3 aromatic carbocycles. The van der Waals surface area contributed by atoms with E-state index in [1.807, 2.05) is 12.1 Å². The van der Waals surface area contributed by atoms with Crippen molar-refractivity contribution in [1.29, 1.82) is 0 Å². The molecule has 0 atom stereocenters. The molecule has 0 aromatic heterocycles. The zero-order valence-electron chi connectivity index (χ0n) is 15.4. The van der Waals surface area contributed by atoms with Gasteiger partial charge in [0.1, 0.15) is 17.2 Å². The number of hydrogen-bond acceptors (Lipinski definition) is 0. The summed E-state index contributed by atoms with van der Waals surface area (Å²) in [7, 11) is 0. The normalized spacial score (nSPS) is 12.2. The summed E-state index contributed by atoms with van der Waals surface area (Å²) < 4.78 is 65.4. The molecule has 5 heteroatoms. The predicted octanol–water partition coefficient (Wildman–Crippen LogP) is 6.52. The minimum absolute atomic E-state index is 0.149. The van der Waals surface area contributed by atoms with E-state index >= 15 is 0 Å². The third-order valence-electron chi connectivity index (χ3n) is 5.03. The second kappa shape index (κ2) is 7.04. The zero-order valence-corrected chi connectivity index (χ0v) is 15.4. The Kier molecular flexibility index (Phi) is 4.66. The van der Waals surface area contributed by atoms with Crippen LogP contribution in [0, 0.1) is 23.5 Å². The van der Waals surface area contributed by atoms with Gasteiger partial charge in [0.25, 0.3) is 0 Å². The van der Waals surface area contributed by atoms with Gasteiger partial charge in [-0.2, -0.15) is 13.2 Å². The minimum Gasteiger partial charge on any atom is -0.206 e. The van der Waals surface area contributed by atoms with Crippen molar-refractivity contribution in [1.82, 2.24) is 0 Å². The average Bonchev–Trinajstić information content (AvgIpc) is 3.01. The number of benzene rings is 3. The van der Waals surface area contributed by atoms with Crippen molar-refractivity contribution in [3.63, 3.8) is 0 Å². The smallest absolute Gasteiger partial charge is 0.206 e. The Bertz CT molecular complexity index is 1150. The second-order valence-electron chi connectivity index (χ2n) is 6.96. The van der Waals surface area contributed by atoms with E-state index < -0.39 is 23.4 Å². The van der Waals surface area contributed by atoms with Gasteiger partial charge in [0, 0.05) is 11.1 Å². The van der Waals surface area contributed by atoms with Crippen LogP contribution in [0.15, 0.2) is 48.5 Å². The third-order valence-corrected chi connectivity index (χ3v) is 5.03. The molecule has 0 aliphatic heterocycles. The zero-order chi connectivity index (χ0) is 20.8. The van der Waals surface area contributed by atoms with Gasteiger partial charge in [-0.3, -0.25) is 0 Å². The maximum Gasteiger partial charge on any atom is 0.422 e. The second-order valence-corrected chi connectivity index (χ2v) is 6.96. The van der Waals surface area contributed by atoms with Crippen molar-refractivity contribution in [3.05, 3.63) is 93.5 Å². The molecule has 0 bridgehead atoms. The fraction of sp³-hybridized carbons (Fsp3) is 0.167. The molecule has 146 valence electrons. The topological polar surface area (TPSA) is 0 Å². The van der Waals surface area contributed by atoms with Crippen LogP contribution in [0.1, 0.15) is 40.3 Å². The van der Waals surface area contributed by atoms with E-state index in [1.54, 1.807) is 6.07 Å². The van der Waals surface area contributed by atoms with E-state index in [-0.39, 0.29) is 5.56 Å². The molecular weight excluding hydrogens is 383 g/mol. The molecule has 0 heterocycles. The van der Waals surface area contributed by atoms with Crippen molar-refractivity contribution < 1.29 is 22.0 Å². The lowest BCUT2D eigenvalue weighted by molar-refractivity contribution is -0.142. The van der Waals surface area contributed by atoms with Crippen LogP contribution in [0.2, 0.25) is 0 Å². The van der Waals surface area contributed by atoms with Crippen molar-refractivity contribution in [3.8, 4) is 23.0 Å². The summed E-state index contributed by atoms with van der Waals surface area (Å²) in [4.78, 5) is 0. The third kappa shape index (κ3) is 3.63. The average molecular weight is 398 g/mol. The van der Waals surface area contributed by atoms with Gasteiger partial charge >= 0.3 is 6.18 Å². The largest absolute Gasteiger partial charge is 0.422 e. The fourth-order valence-corrected chi connectivity index (χ4v) is 3.62. The highest BCUT2D eigenvalue weighted by Gasteiger charge is 2.37. The van der Waals surface area contributed by atoms with E-state index in [9.17, 15) is 22.0 Å². The Morgan fingerprint density at radius 1 is 0.793 bits per heavy atom. The highest BCUT2D eigenvalue weighted by molar-refractivity contribution is 5.77. The van der Waals surface area contributed by atoms with E-state index in [0.29, 0.717) is 17.7 Å². The Morgan fingerprint density at radius 3 is 2.00 bits per heavy atom. The molecule has 0 fully saturated rings. The quantitative estimate of drug-likeness (QED) is 0.253. The van der Waals surface area contributed by atoms with Gasteiger partial charge < -0.3 is 0 Å². The Labute approximate surface area is 165 Å². The van der Waals surface area contributed by atoms with Crippen LogP contribution in [-0.4, -0.2) is 0 Å². The maximum atomic E-state index is 13.7. The van der Waals surface area contributed by atoms with Crippen molar-refractivity contribution >= 4 is 0 Å². The predicted molar refractivity (Wildman–Crippen MR) is 101 cm³/mol. The summed E-state index contributed by atoms with van der Waals surface area (Å²) in [6.07, 6.45) is -3.36. The molecule has 1 aliphatic carbocycles. The summed E-state index contributed by atoms with van der Waals surface area (Å²) >= 11 is 0. The molecule has 29 heavy (non-hydrogen) atoms. The highest BCUT2D eigenvalue weighted by atomic mass is 19.4. The molecule has 0 saturated carbocycles. The van der Waals surface area contributed by atoms with Crippen LogP contribution in [-0.2, 0) is 19.0 Å². The standard InChI is InChI=1S/C24H15F5/c1-2-14-5-7-19-17(9-14)13-18-10-15(6-8-20(18)19)3-4-16-11-21(25)23(22(26)12-16)24(27,28)29/h5-12H,2,13H2,1H3. The van der Waals surface area contributed by atoms with Crippen LogP contribution in [0.4, 0.5) is 22.0 Å². The van der Waals surface area contributed by atoms with Gasteiger partial charge in [0.05, 0.1) is 0 Å². The molecule has 0 amide bonds. The first kappa shape index (κ1) is 19.2. The molecule has 0 radical (unpaired) electrons. The summed E-state index contributed by atoms with van der Waals surface area (Å²) in [5.41, 5.74) is 4.51.